The van der Waals surface area contributed by atoms with Gasteiger partial charge in [0, 0.05) is 18.2 Å². The van der Waals surface area contributed by atoms with Crippen LogP contribution >= 0.6 is 0 Å². The van der Waals surface area contributed by atoms with E-state index in [1.165, 1.54) is 0 Å². The van der Waals surface area contributed by atoms with Crippen LogP contribution in [0.25, 0.3) is 11.2 Å². The minimum Gasteiger partial charge on any atom is -0.508 e. The molecule has 4 heteroatoms. The third-order valence-corrected chi connectivity index (χ3v) is 3.38. The number of phenols is 1. The number of phenolic OH excluding ortho intramolecular Hbond substituents is 1. The van der Waals surface area contributed by atoms with Gasteiger partial charge in [-0.25, -0.2) is 9.97 Å². The van der Waals surface area contributed by atoms with Crippen LogP contribution in [0, 0.1) is 0 Å². The summed E-state index contributed by atoms with van der Waals surface area (Å²) in [7, 11) is 0. The van der Waals surface area contributed by atoms with Crippen LogP contribution in [0.3, 0.4) is 0 Å². The standard InChI is InChI=1S/C16H17N3O/c1-2-6-15-18-13-8-5-10-17-16(13)19(15)11-12-7-3-4-9-14(12)20/h3-5,7-10,20H,2,6,11H2,1H3. The normalized spacial score (nSPS) is 11.1. The van der Waals surface area contributed by atoms with Crippen LogP contribution in [0.15, 0.2) is 42.6 Å². The van der Waals surface area contributed by atoms with E-state index in [1.807, 2.05) is 30.3 Å². The smallest absolute Gasteiger partial charge is 0.160 e. The minimum absolute atomic E-state index is 0.313. The summed E-state index contributed by atoms with van der Waals surface area (Å²) in [5, 5.41) is 9.95. The van der Waals surface area contributed by atoms with Crippen molar-refractivity contribution in [3.05, 3.63) is 54.0 Å². The van der Waals surface area contributed by atoms with Gasteiger partial charge in [0.15, 0.2) is 5.65 Å². The molecule has 0 saturated heterocycles. The molecule has 2 aromatic heterocycles. The molecule has 0 aliphatic carbocycles. The molecular formula is C16H17N3O. The first-order valence-corrected chi connectivity index (χ1v) is 6.86. The first-order valence-electron chi connectivity index (χ1n) is 6.86. The third kappa shape index (κ3) is 2.25. The highest BCUT2D eigenvalue weighted by atomic mass is 16.3. The van der Waals surface area contributed by atoms with Crippen molar-refractivity contribution >= 4 is 11.2 Å². The summed E-state index contributed by atoms with van der Waals surface area (Å²) >= 11 is 0. The van der Waals surface area contributed by atoms with E-state index in [0.717, 1.165) is 35.4 Å². The molecule has 1 aromatic carbocycles. The number of rotatable bonds is 4. The van der Waals surface area contributed by atoms with Gasteiger partial charge in [0.25, 0.3) is 0 Å². The maximum atomic E-state index is 9.95. The Morgan fingerprint density at radius 2 is 2.00 bits per heavy atom. The molecule has 2 heterocycles. The highest BCUT2D eigenvalue weighted by Crippen LogP contribution is 2.21. The Kier molecular flexibility index (Phi) is 3.37. The van der Waals surface area contributed by atoms with Gasteiger partial charge >= 0.3 is 0 Å². The van der Waals surface area contributed by atoms with Crippen molar-refractivity contribution in [1.82, 2.24) is 14.5 Å². The van der Waals surface area contributed by atoms with E-state index in [0.29, 0.717) is 12.3 Å². The van der Waals surface area contributed by atoms with Crippen molar-refractivity contribution in [1.29, 1.82) is 0 Å². The number of para-hydroxylation sites is 1. The number of hydrogen-bond acceptors (Lipinski definition) is 3. The summed E-state index contributed by atoms with van der Waals surface area (Å²) in [6.07, 6.45) is 3.72. The molecular weight excluding hydrogens is 250 g/mol. The SMILES string of the molecule is CCCc1nc2cccnc2n1Cc1ccccc1O. The summed E-state index contributed by atoms with van der Waals surface area (Å²) < 4.78 is 2.09. The van der Waals surface area contributed by atoms with Crippen LogP contribution in [0.1, 0.15) is 24.7 Å². The quantitative estimate of drug-likeness (QED) is 0.790. The van der Waals surface area contributed by atoms with Gasteiger partial charge in [-0.05, 0) is 24.6 Å². The number of hydrogen-bond donors (Lipinski definition) is 1. The maximum absolute atomic E-state index is 9.95. The Bertz CT molecular complexity index is 733. The second-order valence-electron chi connectivity index (χ2n) is 4.84. The Morgan fingerprint density at radius 3 is 2.80 bits per heavy atom. The summed E-state index contributed by atoms with van der Waals surface area (Å²) in [6.45, 7) is 2.73. The van der Waals surface area contributed by atoms with Crippen LogP contribution in [-0.4, -0.2) is 19.6 Å². The number of nitrogens with zero attached hydrogens (tertiary/aromatic N) is 3. The average molecular weight is 267 g/mol. The largest absolute Gasteiger partial charge is 0.508 e. The van der Waals surface area contributed by atoms with E-state index in [9.17, 15) is 5.11 Å². The molecule has 0 atom stereocenters. The van der Waals surface area contributed by atoms with E-state index < -0.39 is 0 Å². The molecule has 20 heavy (non-hydrogen) atoms. The molecule has 3 aromatic rings. The van der Waals surface area contributed by atoms with E-state index in [2.05, 4.69) is 21.5 Å². The average Bonchev–Trinajstić information content (AvgIpc) is 2.80. The minimum atomic E-state index is 0.313. The number of imidazole rings is 1. The monoisotopic (exact) mass is 267 g/mol. The van der Waals surface area contributed by atoms with Crippen LogP contribution in [-0.2, 0) is 13.0 Å². The Hall–Kier alpha value is -2.36. The van der Waals surface area contributed by atoms with Crippen molar-refractivity contribution in [2.45, 2.75) is 26.3 Å². The molecule has 102 valence electrons. The Labute approximate surface area is 117 Å². The number of pyridine rings is 1. The van der Waals surface area contributed by atoms with Crippen molar-refractivity contribution in [2.24, 2.45) is 0 Å². The number of aromatic nitrogens is 3. The number of aromatic hydroxyl groups is 1. The van der Waals surface area contributed by atoms with Crippen LogP contribution in [0.4, 0.5) is 0 Å². The molecule has 0 fully saturated rings. The highest BCUT2D eigenvalue weighted by Gasteiger charge is 2.12. The number of fused-ring (bicyclic) bond motifs is 1. The van der Waals surface area contributed by atoms with Gasteiger partial charge < -0.3 is 9.67 Å². The summed E-state index contributed by atoms with van der Waals surface area (Å²) in [5.41, 5.74) is 2.67. The number of aryl methyl sites for hydroxylation is 1. The summed E-state index contributed by atoms with van der Waals surface area (Å²) in [5.74, 6) is 1.33. The zero-order valence-corrected chi connectivity index (χ0v) is 11.5. The van der Waals surface area contributed by atoms with Gasteiger partial charge in [0.2, 0.25) is 0 Å². The van der Waals surface area contributed by atoms with Crippen LogP contribution < -0.4 is 0 Å². The maximum Gasteiger partial charge on any atom is 0.160 e. The molecule has 3 rings (SSSR count). The van der Waals surface area contributed by atoms with Gasteiger partial charge in [-0.15, -0.1) is 0 Å². The van der Waals surface area contributed by atoms with Gasteiger partial charge in [-0.1, -0.05) is 25.1 Å². The van der Waals surface area contributed by atoms with Gasteiger partial charge in [-0.3, -0.25) is 0 Å². The van der Waals surface area contributed by atoms with E-state index >= 15 is 0 Å². The molecule has 0 bridgehead atoms. The highest BCUT2D eigenvalue weighted by molar-refractivity contribution is 5.71. The zero-order chi connectivity index (χ0) is 13.9. The van der Waals surface area contributed by atoms with Gasteiger partial charge in [0.1, 0.15) is 17.1 Å². The molecule has 0 amide bonds. The predicted molar refractivity (Wildman–Crippen MR) is 78.7 cm³/mol. The lowest BCUT2D eigenvalue weighted by Crippen LogP contribution is -2.06. The van der Waals surface area contributed by atoms with E-state index in [4.69, 9.17) is 0 Å². The lowest BCUT2D eigenvalue weighted by Gasteiger charge is -2.09. The molecule has 4 nitrogen and oxygen atoms in total. The second-order valence-corrected chi connectivity index (χ2v) is 4.84. The van der Waals surface area contributed by atoms with Gasteiger partial charge in [0.05, 0.1) is 6.54 Å². The van der Waals surface area contributed by atoms with Crippen LogP contribution in [0.2, 0.25) is 0 Å². The molecule has 0 aliphatic heterocycles. The molecule has 1 N–H and O–H groups in total. The molecule has 0 radical (unpaired) electrons. The number of benzene rings is 1. The molecule has 0 unspecified atom stereocenters. The fourth-order valence-electron chi connectivity index (χ4n) is 2.40. The fourth-order valence-corrected chi connectivity index (χ4v) is 2.40. The first-order chi connectivity index (χ1) is 9.79. The fraction of sp³-hybridized carbons (Fsp3) is 0.250. The predicted octanol–water partition coefficient (Wildman–Crippen LogP) is 3.14. The van der Waals surface area contributed by atoms with Crippen LogP contribution in [0.5, 0.6) is 5.75 Å². The third-order valence-electron chi connectivity index (χ3n) is 3.38. The summed E-state index contributed by atoms with van der Waals surface area (Å²) in [4.78, 5) is 9.08. The molecule has 0 aliphatic rings. The lowest BCUT2D eigenvalue weighted by molar-refractivity contribution is 0.465. The van der Waals surface area contributed by atoms with Crippen molar-refractivity contribution < 1.29 is 5.11 Å². The second kappa shape index (κ2) is 5.33. The van der Waals surface area contributed by atoms with E-state index in [1.54, 1.807) is 12.3 Å². The van der Waals surface area contributed by atoms with Gasteiger partial charge in [-0.2, -0.15) is 0 Å². The van der Waals surface area contributed by atoms with E-state index in [-0.39, 0.29) is 0 Å². The first kappa shape index (κ1) is 12.7. The summed E-state index contributed by atoms with van der Waals surface area (Å²) in [6, 6.07) is 11.3. The molecule has 0 saturated carbocycles. The lowest BCUT2D eigenvalue weighted by atomic mass is 10.2. The topological polar surface area (TPSA) is 50.9 Å². The van der Waals surface area contributed by atoms with Crippen molar-refractivity contribution in [2.75, 3.05) is 0 Å². The Balaban J connectivity index is 2.09. The Morgan fingerprint density at radius 1 is 1.15 bits per heavy atom. The van der Waals surface area contributed by atoms with Crippen molar-refractivity contribution in [3.8, 4) is 5.75 Å². The van der Waals surface area contributed by atoms with Crippen molar-refractivity contribution in [3.63, 3.8) is 0 Å². The molecule has 0 spiro atoms. The zero-order valence-electron chi connectivity index (χ0n) is 11.5.